The molecule has 0 saturated carbocycles. The zero-order valence-electron chi connectivity index (χ0n) is 15.8. The molecule has 0 bridgehead atoms. The van der Waals surface area contributed by atoms with E-state index < -0.39 is 5.25 Å². The van der Waals surface area contributed by atoms with Gasteiger partial charge in [0.1, 0.15) is 5.25 Å². The van der Waals surface area contributed by atoms with E-state index in [1.165, 1.54) is 16.4 Å². The van der Waals surface area contributed by atoms with Crippen LogP contribution in [0.5, 0.6) is 0 Å². The summed E-state index contributed by atoms with van der Waals surface area (Å²) in [5.41, 5.74) is 6.39. The van der Waals surface area contributed by atoms with E-state index in [4.69, 9.17) is 28.9 Å². The van der Waals surface area contributed by atoms with Gasteiger partial charge < -0.3 is 5.73 Å². The maximum Gasteiger partial charge on any atom is 0.264 e. The van der Waals surface area contributed by atoms with E-state index in [2.05, 4.69) is 15.0 Å². The third-order valence-electron chi connectivity index (χ3n) is 5.52. The van der Waals surface area contributed by atoms with E-state index in [0.717, 1.165) is 5.56 Å². The minimum absolute atomic E-state index is 0.0923. The topological polar surface area (TPSA) is 94.1 Å². The van der Waals surface area contributed by atoms with Crippen molar-refractivity contribution in [3.05, 3.63) is 39.6 Å². The van der Waals surface area contributed by atoms with Gasteiger partial charge in [0.2, 0.25) is 5.91 Å². The Hall–Kier alpha value is -1.61. The van der Waals surface area contributed by atoms with Gasteiger partial charge in [-0.2, -0.15) is 4.68 Å². The number of fused-ring (bicyclic) bond motifs is 1. The molecule has 1 aromatic heterocycles. The summed E-state index contributed by atoms with van der Waals surface area (Å²) < 4.78 is 1.41. The van der Waals surface area contributed by atoms with Gasteiger partial charge in [-0.25, -0.2) is 4.98 Å². The van der Waals surface area contributed by atoms with Crippen molar-refractivity contribution in [3.8, 4) is 0 Å². The predicted octanol–water partition coefficient (Wildman–Crippen LogP) is 3.20. The predicted molar refractivity (Wildman–Crippen MR) is 112 cm³/mol. The van der Waals surface area contributed by atoms with Crippen LogP contribution >= 0.6 is 35.0 Å². The van der Waals surface area contributed by atoms with Gasteiger partial charge in [-0.1, -0.05) is 48.0 Å². The molecule has 2 aromatic rings. The molecule has 4 rings (SSSR count). The van der Waals surface area contributed by atoms with E-state index in [-0.39, 0.29) is 23.8 Å². The molecule has 2 N–H and O–H groups in total. The van der Waals surface area contributed by atoms with Crippen molar-refractivity contribution >= 4 is 46.8 Å². The number of likely N-dealkylation sites (tertiary alicyclic amines) is 1. The molecule has 1 amide bonds. The molecule has 0 radical (unpaired) electrons. The molecule has 0 aliphatic carbocycles. The number of nitrogens with zero attached hydrogens (tertiary/aromatic N) is 4. The maximum absolute atomic E-state index is 13.2. The quantitative estimate of drug-likeness (QED) is 0.746. The number of primary amides is 1. The monoisotopic (exact) mass is 453 g/mol. The Bertz CT molecular complexity index is 958. The number of rotatable bonds is 5. The van der Waals surface area contributed by atoms with E-state index in [1.54, 1.807) is 6.07 Å². The summed E-state index contributed by atoms with van der Waals surface area (Å²) in [7, 11) is 0. The van der Waals surface area contributed by atoms with E-state index >= 15 is 0 Å². The van der Waals surface area contributed by atoms with Crippen LogP contribution in [0, 0.1) is 5.92 Å². The number of hydrogen-bond donors (Lipinski definition) is 1. The first kappa shape index (κ1) is 20.7. The minimum Gasteiger partial charge on any atom is -0.369 e. The Morgan fingerprint density at radius 2 is 2.03 bits per heavy atom. The van der Waals surface area contributed by atoms with Crippen molar-refractivity contribution in [2.45, 2.75) is 42.6 Å². The number of aryl methyl sites for hydroxylation is 1. The Morgan fingerprint density at radius 3 is 2.62 bits per heavy atom. The molecule has 2 atom stereocenters. The van der Waals surface area contributed by atoms with Crippen LogP contribution in [0.1, 0.15) is 42.0 Å². The lowest BCUT2D eigenvalue weighted by molar-refractivity contribution is -0.123. The third-order valence-corrected chi connectivity index (χ3v) is 7.45. The van der Waals surface area contributed by atoms with Gasteiger partial charge in [-0.15, -0.1) is 5.10 Å². The summed E-state index contributed by atoms with van der Waals surface area (Å²) in [6.45, 7) is 3.29. The van der Waals surface area contributed by atoms with Crippen molar-refractivity contribution < 1.29 is 9.59 Å². The highest BCUT2D eigenvalue weighted by atomic mass is 35.5. The number of piperidine rings is 1. The van der Waals surface area contributed by atoms with Crippen LogP contribution < -0.4 is 5.73 Å². The summed E-state index contributed by atoms with van der Waals surface area (Å²) in [6.07, 6.45) is 2.01. The average Bonchev–Trinajstić information content (AvgIpc) is 3.25. The number of carbonyl (C=O) groups is 2. The lowest BCUT2D eigenvalue weighted by Crippen LogP contribution is -2.45. The summed E-state index contributed by atoms with van der Waals surface area (Å²) in [6, 6.07) is 5.23. The van der Waals surface area contributed by atoms with E-state index in [0.29, 0.717) is 53.4 Å². The molecular weight excluding hydrogens is 433 g/mol. The van der Waals surface area contributed by atoms with Gasteiger partial charge in [0.05, 0.1) is 16.1 Å². The van der Waals surface area contributed by atoms with Gasteiger partial charge in [0.15, 0.2) is 11.0 Å². The molecule has 7 nitrogen and oxygen atoms in total. The van der Waals surface area contributed by atoms with Gasteiger partial charge in [-0.05, 0) is 43.6 Å². The number of thioether (sulfide) groups is 1. The molecule has 2 aliphatic heterocycles. The highest BCUT2D eigenvalue weighted by Crippen LogP contribution is 2.43. The van der Waals surface area contributed by atoms with Crippen molar-refractivity contribution in [2.75, 3.05) is 13.1 Å². The lowest BCUT2D eigenvalue weighted by Gasteiger charge is -2.38. The van der Waals surface area contributed by atoms with Crippen LogP contribution in [-0.4, -0.2) is 49.8 Å². The smallest absolute Gasteiger partial charge is 0.264 e. The average molecular weight is 454 g/mol. The highest BCUT2D eigenvalue weighted by molar-refractivity contribution is 8.00. The fourth-order valence-electron chi connectivity index (χ4n) is 3.93. The van der Waals surface area contributed by atoms with E-state index in [9.17, 15) is 9.59 Å². The Balaban J connectivity index is 1.66. The molecule has 10 heteroatoms. The van der Waals surface area contributed by atoms with Gasteiger partial charge >= 0.3 is 0 Å². The maximum atomic E-state index is 13.2. The normalized spacial score (nSPS) is 21.3. The van der Waals surface area contributed by atoms with Crippen LogP contribution in [0.25, 0.3) is 0 Å². The number of aromatic nitrogens is 3. The summed E-state index contributed by atoms with van der Waals surface area (Å²) in [4.78, 5) is 31.4. The molecule has 1 aromatic carbocycles. The minimum atomic E-state index is -0.404. The van der Waals surface area contributed by atoms with Gasteiger partial charge in [0.25, 0.3) is 5.91 Å². The number of benzene rings is 1. The summed E-state index contributed by atoms with van der Waals surface area (Å²) >= 11 is 13.8. The van der Waals surface area contributed by atoms with Crippen molar-refractivity contribution in [1.29, 1.82) is 0 Å². The van der Waals surface area contributed by atoms with Crippen molar-refractivity contribution in [3.63, 3.8) is 0 Å². The number of carbonyl (C=O) groups excluding carboxylic acids is 2. The molecular formula is C19H21Cl2N5O2S. The molecule has 29 heavy (non-hydrogen) atoms. The van der Waals surface area contributed by atoms with Gasteiger partial charge in [-0.3, -0.25) is 14.5 Å². The SMILES string of the molecule is CCc1nc2n(n1)C(=O)C(C(c1ccc(Cl)c(Cl)c1)N1CCC(C(N)=O)CC1)S2. The van der Waals surface area contributed by atoms with Crippen LogP contribution in [-0.2, 0) is 11.2 Å². The first-order valence-electron chi connectivity index (χ1n) is 9.54. The first-order valence-corrected chi connectivity index (χ1v) is 11.2. The Kier molecular flexibility index (Phi) is 5.88. The standard InChI is InChI=1S/C19H21Cl2N5O2S/c1-2-14-23-19-26(24-14)18(28)16(29-19)15(11-3-4-12(20)13(21)9-11)25-7-5-10(6-8-25)17(22)27/h3-4,9-10,15-16H,2,5-8H2,1H3,(H2,22,27). The zero-order valence-corrected chi connectivity index (χ0v) is 18.2. The molecule has 1 fully saturated rings. The van der Waals surface area contributed by atoms with Crippen LogP contribution in [0.2, 0.25) is 10.0 Å². The Labute approximate surface area is 182 Å². The second-order valence-corrected chi connectivity index (χ2v) is 9.21. The second kappa shape index (κ2) is 8.26. The molecule has 3 heterocycles. The number of hydrogen-bond acceptors (Lipinski definition) is 6. The van der Waals surface area contributed by atoms with Crippen molar-refractivity contribution in [1.82, 2.24) is 19.7 Å². The number of amides is 1. The van der Waals surface area contributed by atoms with Crippen LogP contribution in [0.3, 0.4) is 0 Å². The Morgan fingerprint density at radius 1 is 1.31 bits per heavy atom. The first-order chi connectivity index (χ1) is 13.9. The number of halogens is 2. The van der Waals surface area contributed by atoms with Crippen molar-refractivity contribution in [2.24, 2.45) is 11.7 Å². The van der Waals surface area contributed by atoms with E-state index in [1.807, 2.05) is 19.1 Å². The molecule has 1 saturated heterocycles. The van der Waals surface area contributed by atoms with Crippen LogP contribution in [0.4, 0.5) is 0 Å². The zero-order chi connectivity index (χ0) is 20.7. The molecule has 2 aliphatic rings. The molecule has 0 spiro atoms. The highest BCUT2D eigenvalue weighted by Gasteiger charge is 2.44. The number of nitrogens with two attached hydrogens (primary N) is 1. The summed E-state index contributed by atoms with van der Waals surface area (Å²) in [5, 5.41) is 5.46. The van der Waals surface area contributed by atoms with Gasteiger partial charge in [0, 0.05) is 12.3 Å². The largest absolute Gasteiger partial charge is 0.369 e. The fourth-order valence-corrected chi connectivity index (χ4v) is 5.51. The van der Waals surface area contributed by atoms with Crippen LogP contribution in [0.15, 0.2) is 23.4 Å². The third kappa shape index (κ3) is 3.91. The molecule has 2 unspecified atom stereocenters. The summed E-state index contributed by atoms with van der Waals surface area (Å²) in [5.74, 6) is 0.174. The molecule has 154 valence electrons. The second-order valence-electron chi connectivity index (χ2n) is 7.28. The lowest BCUT2D eigenvalue weighted by atomic mass is 9.92. The fraction of sp³-hybridized carbons (Fsp3) is 0.474.